The summed E-state index contributed by atoms with van der Waals surface area (Å²) in [7, 11) is 5.50. The Morgan fingerprint density at radius 2 is 1.61 bits per heavy atom. The highest BCUT2D eigenvalue weighted by molar-refractivity contribution is 6.03. The molecule has 0 spiro atoms. The molecule has 116 valence electrons. The summed E-state index contributed by atoms with van der Waals surface area (Å²) in [5.74, 6) is 1.55. The first kappa shape index (κ1) is 13.9. The number of methoxy groups -OCH3 is 2. The molecular formula is C20H19NO2. The fourth-order valence-electron chi connectivity index (χ4n) is 3.52. The van der Waals surface area contributed by atoms with Gasteiger partial charge < -0.3 is 14.4 Å². The van der Waals surface area contributed by atoms with Gasteiger partial charge in [-0.2, -0.15) is 0 Å². The number of benzene rings is 3. The second kappa shape index (κ2) is 5.20. The molecule has 0 aliphatic carbocycles. The van der Waals surface area contributed by atoms with Crippen molar-refractivity contribution in [3.05, 3.63) is 54.1 Å². The molecule has 0 radical (unpaired) electrons. The fourth-order valence-corrected chi connectivity index (χ4v) is 3.52. The lowest BCUT2D eigenvalue weighted by molar-refractivity contribution is 0.354. The van der Waals surface area contributed by atoms with Crippen molar-refractivity contribution in [2.45, 2.75) is 6.54 Å². The van der Waals surface area contributed by atoms with E-state index in [9.17, 15) is 0 Å². The topological polar surface area (TPSA) is 21.7 Å². The summed E-state index contributed by atoms with van der Waals surface area (Å²) in [6.07, 6.45) is 0. The molecule has 3 aromatic rings. The number of hydrogen-bond acceptors (Lipinski definition) is 3. The van der Waals surface area contributed by atoms with Crippen LogP contribution in [0.15, 0.2) is 48.5 Å². The van der Waals surface area contributed by atoms with Crippen LogP contribution in [0.25, 0.3) is 21.9 Å². The summed E-state index contributed by atoms with van der Waals surface area (Å²) < 4.78 is 10.9. The molecule has 0 saturated heterocycles. The minimum atomic E-state index is 0.773. The molecule has 3 heteroatoms. The van der Waals surface area contributed by atoms with Crippen LogP contribution in [-0.4, -0.2) is 21.3 Å². The molecular weight excluding hydrogens is 286 g/mol. The van der Waals surface area contributed by atoms with E-state index in [0.717, 1.165) is 18.0 Å². The van der Waals surface area contributed by atoms with E-state index in [1.165, 1.54) is 33.2 Å². The largest absolute Gasteiger partial charge is 0.493 e. The first-order valence-corrected chi connectivity index (χ1v) is 7.71. The number of nitrogens with zero attached hydrogens (tertiary/aromatic N) is 1. The standard InChI is InChI=1S/C20H19NO2/c1-21-12-14-10-18(22-2)19(23-3)11-17(14)16-9-8-13-6-4-5-7-15(13)20(16)21/h4-11H,12H2,1-3H3. The molecule has 0 N–H and O–H groups in total. The first-order valence-electron chi connectivity index (χ1n) is 7.71. The Kier molecular flexibility index (Phi) is 3.15. The Balaban J connectivity index is 2.03. The average Bonchev–Trinajstić information content (AvgIpc) is 2.60. The Morgan fingerprint density at radius 1 is 0.870 bits per heavy atom. The van der Waals surface area contributed by atoms with Crippen molar-refractivity contribution in [2.24, 2.45) is 0 Å². The van der Waals surface area contributed by atoms with Crippen LogP contribution in [0, 0.1) is 0 Å². The number of hydrogen-bond donors (Lipinski definition) is 0. The van der Waals surface area contributed by atoms with Gasteiger partial charge in [0.05, 0.1) is 19.9 Å². The second-order valence-electron chi connectivity index (χ2n) is 5.90. The summed E-state index contributed by atoms with van der Waals surface area (Å²) in [6.45, 7) is 0.858. The molecule has 3 nitrogen and oxygen atoms in total. The highest BCUT2D eigenvalue weighted by Crippen LogP contribution is 2.46. The van der Waals surface area contributed by atoms with E-state index in [2.05, 4.69) is 60.5 Å². The Labute approximate surface area is 136 Å². The Hall–Kier alpha value is -2.68. The molecule has 0 aromatic heterocycles. The summed E-state index contributed by atoms with van der Waals surface area (Å²) >= 11 is 0. The predicted molar refractivity (Wildman–Crippen MR) is 94.6 cm³/mol. The van der Waals surface area contributed by atoms with Crippen LogP contribution in [0.3, 0.4) is 0 Å². The molecule has 3 aromatic carbocycles. The van der Waals surface area contributed by atoms with Gasteiger partial charge in [0.15, 0.2) is 11.5 Å². The lowest BCUT2D eigenvalue weighted by Gasteiger charge is -2.31. The van der Waals surface area contributed by atoms with Crippen molar-refractivity contribution < 1.29 is 9.47 Å². The fraction of sp³-hybridized carbons (Fsp3) is 0.200. The summed E-state index contributed by atoms with van der Waals surface area (Å²) in [6, 6.07) is 17.1. The van der Waals surface area contributed by atoms with Crippen LogP contribution in [0.2, 0.25) is 0 Å². The van der Waals surface area contributed by atoms with Gasteiger partial charge in [-0.25, -0.2) is 0 Å². The number of rotatable bonds is 2. The van der Waals surface area contributed by atoms with Crippen molar-refractivity contribution >= 4 is 16.5 Å². The SMILES string of the molecule is COc1cc2c(cc1OC)-c1ccc3ccccc3c1N(C)C2. The van der Waals surface area contributed by atoms with Gasteiger partial charge in [-0.1, -0.05) is 36.4 Å². The third-order valence-electron chi connectivity index (χ3n) is 4.59. The van der Waals surface area contributed by atoms with Crippen LogP contribution in [-0.2, 0) is 6.54 Å². The smallest absolute Gasteiger partial charge is 0.161 e. The second-order valence-corrected chi connectivity index (χ2v) is 5.90. The van der Waals surface area contributed by atoms with Gasteiger partial charge in [-0.3, -0.25) is 0 Å². The van der Waals surface area contributed by atoms with E-state index in [4.69, 9.17) is 9.47 Å². The Bertz CT molecular complexity index is 902. The van der Waals surface area contributed by atoms with E-state index < -0.39 is 0 Å². The van der Waals surface area contributed by atoms with E-state index >= 15 is 0 Å². The van der Waals surface area contributed by atoms with E-state index in [1.807, 2.05) is 0 Å². The maximum atomic E-state index is 5.49. The zero-order chi connectivity index (χ0) is 16.0. The molecule has 0 unspecified atom stereocenters. The monoisotopic (exact) mass is 305 g/mol. The first-order chi connectivity index (χ1) is 11.2. The van der Waals surface area contributed by atoms with Gasteiger partial charge >= 0.3 is 0 Å². The van der Waals surface area contributed by atoms with Gasteiger partial charge in [-0.05, 0) is 28.6 Å². The van der Waals surface area contributed by atoms with Crippen LogP contribution in [0.1, 0.15) is 5.56 Å². The van der Waals surface area contributed by atoms with Crippen LogP contribution in [0.5, 0.6) is 11.5 Å². The highest BCUT2D eigenvalue weighted by atomic mass is 16.5. The Morgan fingerprint density at radius 3 is 2.39 bits per heavy atom. The van der Waals surface area contributed by atoms with Crippen LogP contribution < -0.4 is 14.4 Å². The van der Waals surface area contributed by atoms with Crippen molar-refractivity contribution in [3.8, 4) is 22.6 Å². The molecule has 1 aliphatic rings. The third kappa shape index (κ3) is 2.04. The maximum absolute atomic E-state index is 5.49. The zero-order valence-electron chi connectivity index (χ0n) is 13.6. The minimum absolute atomic E-state index is 0.773. The summed E-state index contributed by atoms with van der Waals surface area (Å²) in [4.78, 5) is 2.31. The quantitative estimate of drug-likeness (QED) is 0.697. The molecule has 0 bridgehead atoms. The summed E-state index contributed by atoms with van der Waals surface area (Å²) in [5.41, 5.74) is 5.01. The molecule has 0 fully saturated rings. The predicted octanol–water partition coefficient (Wildman–Crippen LogP) is 4.47. The number of fused-ring (bicyclic) bond motifs is 5. The van der Waals surface area contributed by atoms with Gasteiger partial charge in [0.2, 0.25) is 0 Å². The van der Waals surface area contributed by atoms with Gasteiger partial charge in [0.25, 0.3) is 0 Å². The number of anilines is 1. The van der Waals surface area contributed by atoms with Crippen LogP contribution in [0.4, 0.5) is 5.69 Å². The summed E-state index contributed by atoms with van der Waals surface area (Å²) in [5, 5.41) is 2.55. The molecule has 1 aliphatic heterocycles. The molecule has 0 saturated carbocycles. The lowest BCUT2D eigenvalue weighted by atomic mass is 9.90. The van der Waals surface area contributed by atoms with Gasteiger partial charge in [0.1, 0.15) is 0 Å². The normalized spacial score (nSPS) is 12.7. The molecule has 4 rings (SSSR count). The minimum Gasteiger partial charge on any atom is -0.493 e. The lowest BCUT2D eigenvalue weighted by Crippen LogP contribution is -2.22. The number of ether oxygens (including phenoxy) is 2. The van der Waals surface area contributed by atoms with Gasteiger partial charge in [-0.15, -0.1) is 0 Å². The van der Waals surface area contributed by atoms with E-state index in [-0.39, 0.29) is 0 Å². The molecule has 0 amide bonds. The van der Waals surface area contributed by atoms with Crippen molar-refractivity contribution in [3.63, 3.8) is 0 Å². The zero-order valence-corrected chi connectivity index (χ0v) is 13.6. The molecule has 0 atom stereocenters. The highest BCUT2D eigenvalue weighted by Gasteiger charge is 2.23. The third-order valence-corrected chi connectivity index (χ3v) is 4.59. The maximum Gasteiger partial charge on any atom is 0.161 e. The molecule has 1 heterocycles. The van der Waals surface area contributed by atoms with E-state index in [1.54, 1.807) is 14.2 Å². The van der Waals surface area contributed by atoms with Gasteiger partial charge in [0, 0.05) is 24.5 Å². The van der Waals surface area contributed by atoms with Crippen molar-refractivity contribution in [1.82, 2.24) is 0 Å². The van der Waals surface area contributed by atoms with E-state index in [0.29, 0.717) is 0 Å². The van der Waals surface area contributed by atoms with Crippen molar-refractivity contribution in [1.29, 1.82) is 0 Å². The average molecular weight is 305 g/mol. The van der Waals surface area contributed by atoms with Crippen LogP contribution >= 0.6 is 0 Å². The van der Waals surface area contributed by atoms with Crippen molar-refractivity contribution in [2.75, 3.05) is 26.2 Å². The molecule has 23 heavy (non-hydrogen) atoms.